The van der Waals surface area contributed by atoms with Gasteiger partial charge in [-0.3, -0.25) is 4.79 Å². The van der Waals surface area contributed by atoms with E-state index in [1.807, 2.05) is 18.2 Å². The SMILES string of the molecule is O=C(Nc1ccc2c(c1)CCN2)c1ccc(Br)c(O)c1. The van der Waals surface area contributed by atoms with E-state index in [0.717, 1.165) is 24.3 Å². The molecule has 5 heteroatoms. The number of carbonyl (C=O) groups is 1. The van der Waals surface area contributed by atoms with Crippen LogP contribution in [0.4, 0.5) is 11.4 Å². The Morgan fingerprint density at radius 1 is 1.25 bits per heavy atom. The highest BCUT2D eigenvalue weighted by atomic mass is 79.9. The Kier molecular flexibility index (Phi) is 3.36. The van der Waals surface area contributed by atoms with Crippen LogP contribution >= 0.6 is 15.9 Å². The fourth-order valence-corrected chi connectivity index (χ4v) is 2.49. The van der Waals surface area contributed by atoms with Gasteiger partial charge in [0.05, 0.1) is 4.47 Å². The molecule has 1 amide bonds. The first-order chi connectivity index (χ1) is 9.63. The molecule has 0 bridgehead atoms. The van der Waals surface area contributed by atoms with E-state index in [-0.39, 0.29) is 11.7 Å². The van der Waals surface area contributed by atoms with Crippen LogP contribution in [0.5, 0.6) is 5.75 Å². The maximum Gasteiger partial charge on any atom is 0.255 e. The average Bonchev–Trinajstić information content (AvgIpc) is 2.89. The van der Waals surface area contributed by atoms with E-state index in [0.29, 0.717) is 10.0 Å². The summed E-state index contributed by atoms with van der Waals surface area (Å²) in [7, 11) is 0. The number of aromatic hydroxyl groups is 1. The fourth-order valence-electron chi connectivity index (χ4n) is 2.24. The highest BCUT2D eigenvalue weighted by Gasteiger charge is 2.12. The molecule has 1 heterocycles. The third-order valence-electron chi connectivity index (χ3n) is 3.28. The first-order valence-corrected chi connectivity index (χ1v) is 7.09. The minimum absolute atomic E-state index is 0.0517. The Morgan fingerprint density at radius 3 is 2.90 bits per heavy atom. The van der Waals surface area contributed by atoms with Gasteiger partial charge in [0.1, 0.15) is 5.75 Å². The van der Waals surface area contributed by atoms with Crippen LogP contribution in [-0.4, -0.2) is 17.6 Å². The molecule has 0 fully saturated rings. The van der Waals surface area contributed by atoms with Crippen molar-refractivity contribution in [2.75, 3.05) is 17.2 Å². The molecule has 0 unspecified atom stereocenters. The zero-order valence-electron chi connectivity index (χ0n) is 10.6. The molecule has 3 N–H and O–H groups in total. The average molecular weight is 333 g/mol. The number of amides is 1. The van der Waals surface area contributed by atoms with E-state index in [2.05, 4.69) is 26.6 Å². The zero-order chi connectivity index (χ0) is 14.1. The predicted molar refractivity (Wildman–Crippen MR) is 82.4 cm³/mol. The van der Waals surface area contributed by atoms with Crippen LogP contribution in [0.3, 0.4) is 0 Å². The molecule has 0 aromatic heterocycles. The van der Waals surface area contributed by atoms with Gasteiger partial charge in [0.15, 0.2) is 0 Å². The Labute approximate surface area is 125 Å². The van der Waals surface area contributed by atoms with Crippen molar-refractivity contribution in [1.29, 1.82) is 0 Å². The third kappa shape index (κ3) is 2.49. The van der Waals surface area contributed by atoms with Crippen molar-refractivity contribution in [3.05, 3.63) is 52.0 Å². The van der Waals surface area contributed by atoms with Crippen LogP contribution in [0.2, 0.25) is 0 Å². The Morgan fingerprint density at radius 2 is 2.10 bits per heavy atom. The second kappa shape index (κ2) is 5.17. The van der Waals surface area contributed by atoms with Crippen molar-refractivity contribution in [2.24, 2.45) is 0 Å². The number of phenols is 1. The van der Waals surface area contributed by atoms with Crippen molar-refractivity contribution >= 4 is 33.2 Å². The lowest BCUT2D eigenvalue weighted by Crippen LogP contribution is -2.11. The third-order valence-corrected chi connectivity index (χ3v) is 3.95. The van der Waals surface area contributed by atoms with Gasteiger partial charge in [-0.1, -0.05) is 0 Å². The summed E-state index contributed by atoms with van der Waals surface area (Å²) in [5, 5.41) is 15.7. The van der Waals surface area contributed by atoms with Crippen molar-refractivity contribution < 1.29 is 9.90 Å². The highest BCUT2D eigenvalue weighted by Crippen LogP contribution is 2.27. The fraction of sp³-hybridized carbons (Fsp3) is 0.133. The zero-order valence-corrected chi connectivity index (χ0v) is 12.2. The Bertz CT molecular complexity index is 686. The van der Waals surface area contributed by atoms with E-state index in [1.165, 1.54) is 11.6 Å². The number of nitrogens with one attached hydrogen (secondary N) is 2. The number of rotatable bonds is 2. The largest absolute Gasteiger partial charge is 0.507 e. The Hall–Kier alpha value is -2.01. The number of halogens is 1. The van der Waals surface area contributed by atoms with Crippen LogP contribution in [0.1, 0.15) is 15.9 Å². The first-order valence-electron chi connectivity index (χ1n) is 6.30. The normalized spacial score (nSPS) is 12.7. The van der Waals surface area contributed by atoms with Crippen LogP contribution in [0.15, 0.2) is 40.9 Å². The maximum atomic E-state index is 12.1. The molecule has 3 rings (SSSR count). The van der Waals surface area contributed by atoms with Gasteiger partial charge in [-0.25, -0.2) is 0 Å². The molecule has 0 spiro atoms. The standard InChI is InChI=1S/C15H13BrN2O2/c16-12-3-1-10(8-14(12)19)15(20)18-11-2-4-13-9(7-11)5-6-17-13/h1-4,7-8,17,19H,5-6H2,(H,18,20). The predicted octanol–water partition coefficient (Wildman–Crippen LogP) is 3.38. The van der Waals surface area contributed by atoms with Gasteiger partial charge in [0.25, 0.3) is 5.91 Å². The van der Waals surface area contributed by atoms with Gasteiger partial charge >= 0.3 is 0 Å². The first kappa shape index (κ1) is 13.0. The lowest BCUT2D eigenvalue weighted by molar-refractivity contribution is 0.102. The summed E-state index contributed by atoms with van der Waals surface area (Å²) >= 11 is 3.19. The minimum atomic E-state index is -0.237. The van der Waals surface area contributed by atoms with Gasteiger partial charge in [0, 0.05) is 23.5 Å². The van der Waals surface area contributed by atoms with Gasteiger partial charge < -0.3 is 15.7 Å². The van der Waals surface area contributed by atoms with Gasteiger partial charge in [-0.15, -0.1) is 0 Å². The Balaban J connectivity index is 1.80. The minimum Gasteiger partial charge on any atom is -0.507 e. The molecule has 2 aromatic carbocycles. The monoisotopic (exact) mass is 332 g/mol. The lowest BCUT2D eigenvalue weighted by atomic mass is 10.1. The van der Waals surface area contributed by atoms with Crippen molar-refractivity contribution in [3.8, 4) is 5.75 Å². The summed E-state index contributed by atoms with van der Waals surface area (Å²) in [6, 6.07) is 10.6. The molecule has 1 aliphatic heterocycles. The van der Waals surface area contributed by atoms with Crippen LogP contribution in [0.25, 0.3) is 0 Å². The van der Waals surface area contributed by atoms with E-state index < -0.39 is 0 Å². The van der Waals surface area contributed by atoms with E-state index in [4.69, 9.17) is 0 Å². The van der Waals surface area contributed by atoms with Crippen molar-refractivity contribution in [2.45, 2.75) is 6.42 Å². The summed E-state index contributed by atoms with van der Waals surface area (Å²) in [6.07, 6.45) is 0.970. The number of hydrogen-bond acceptors (Lipinski definition) is 3. The van der Waals surface area contributed by atoms with Crippen molar-refractivity contribution in [1.82, 2.24) is 0 Å². The molecule has 20 heavy (non-hydrogen) atoms. The highest BCUT2D eigenvalue weighted by molar-refractivity contribution is 9.10. The van der Waals surface area contributed by atoms with E-state index in [9.17, 15) is 9.90 Å². The molecular formula is C15H13BrN2O2. The lowest BCUT2D eigenvalue weighted by Gasteiger charge is -2.08. The number of anilines is 2. The quantitative estimate of drug-likeness (QED) is 0.790. The van der Waals surface area contributed by atoms with E-state index >= 15 is 0 Å². The summed E-state index contributed by atoms with van der Waals surface area (Å²) in [5.74, 6) is -0.186. The molecule has 102 valence electrons. The van der Waals surface area contributed by atoms with Crippen molar-refractivity contribution in [3.63, 3.8) is 0 Å². The summed E-state index contributed by atoms with van der Waals surface area (Å²) in [6.45, 7) is 0.938. The number of benzene rings is 2. The van der Waals surface area contributed by atoms with Gasteiger partial charge in [0.2, 0.25) is 0 Å². The molecule has 0 saturated carbocycles. The van der Waals surface area contributed by atoms with Gasteiger partial charge in [-0.2, -0.15) is 0 Å². The summed E-state index contributed by atoms with van der Waals surface area (Å²) < 4.78 is 0.567. The molecule has 2 aromatic rings. The molecule has 0 radical (unpaired) electrons. The smallest absolute Gasteiger partial charge is 0.255 e. The van der Waals surface area contributed by atoms with Gasteiger partial charge in [-0.05, 0) is 64.3 Å². The number of phenolic OH excluding ortho intramolecular Hbond substituents is 1. The molecule has 0 saturated heterocycles. The number of hydrogen-bond donors (Lipinski definition) is 3. The molecule has 4 nitrogen and oxygen atoms in total. The number of carbonyl (C=O) groups excluding carboxylic acids is 1. The summed E-state index contributed by atoms with van der Waals surface area (Å²) in [5.41, 5.74) is 3.52. The van der Waals surface area contributed by atoms with Crippen LogP contribution in [-0.2, 0) is 6.42 Å². The van der Waals surface area contributed by atoms with E-state index in [1.54, 1.807) is 12.1 Å². The molecule has 1 aliphatic rings. The van der Waals surface area contributed by atoms with Crippen LogP contribution in [0, 0.1) is 0 Å². The second-order valence-electron chi connectivity index (χ2n) is 4.67. The molecular weight excluding hydrogens is 320 g/mol. The topological polar surface area (TPSA) is 61.4 Å². The second-order valence-corrected chi connectivity index (χ2v) is 5.52. The summed E-state index contributed by atoms with van der Waals surface area (Å²) in [4.78, 5) is 12.1. The maximum absolute atomic E-state index is 12.1. The molecule has 0 atom stereocenters. The van der Waals surface area contributed by atoms with Crippen LogP contribution < -0.4 is 10.6 Å². The molecule has 0 aliphatic carbocycles. The number of fused-ring (bicyclic) bond motifs is 1.